The molecule has 0 radical (unpaired) electrons. The Balaban J connectivity index is 3.65. The summed E-state index contributed by atoms with van der Waals surface area (Å²) < 4.78 is 9.66. The highest BCUT2D eigenvalue weighted by molar-refractivity contribution is 5.77. The van der Waals surface area contributed by atoms with Crippen LogP contribution in [0, 0.1) is 5.41 Å². The molecule has 0 aromatic carbocycles. The van der Waals surface area contributed by atoms with E-state index in [9.17, 15) is 9.59 Å². The number of hydrogen-bond acceptors (Lipinski definition) is 4. The highest BCUT2D eigenvalue weighted by Crippen LogP contribution is 2.17. The normalized spacial score (nSPS) is 10.6. The van der Waals surface area contributed by atoms with Crippen molar-refractivity contribution in [1.82, 2.24) is 0 Å². The van der Waals surface area contributed by atoms with Gasteiger partial charge in [-0.05, 0) is 13.8 Å². The van der Waals surface area contributed by atoms with E-state index in [1.807, 2.05) is 0 Å². The third-order valence-electron chi connectivity index (χ3n) is 1.86. The van der Waals surface area contributed by atoms with Gasteiger partial charge >= 0.3 is 11.9 Å². The minimum Gasteiger partial charge on any atom is -0.466 e. The summed E-state index contributed by atoms with van der Waals surface area (Å²) in [4.78, 5) is 21.8. The first-order chi connectivity index (χ1) is 6.90. The van der Waals surface area contributed by atoms with Gasteiger partial charge in [-0.25, -0.2) is 0 Å². The lowest BCUT2D eigenvalue weighted by atomic mass is 9.94. The van der Waals surface area contributed by atoms with E-state index in [-0.39, 0.29) is 25.2 Å². The Kier molecular flexibility index (Phi) is 5.67. The summed E-state index contributed by atoms with van der Waals surface area (Å²) in [5, 5.41) is 0. The van der Waals surface area contributed by atoms with E-state index in [1.54, 1.807) is 19.9 Å². The average molecular weight is 214 g/mol. The molecule has 0 N–H and O–H groups in total. The molecule has 0 saturated carbocycles. The van der Waals surface area contributed by atoms with Crippen LogP contribution in [0.3, 0.4) is 0 Å². The minimum absolute atomic E-state index is 0.253. The van der Waals surface area contributed by atoms with Gasteiger partial charge in [0.2, 0.25) is 0 Å². The molecular weight excluding hydrogens is 196 g/mol. The summed E-state index contributed by atoms with van der Waals surface area (Å²) in [6, 6.07) is 0. The van der Waals surface area contributed by atoms with Gasteiger partial charge < -0.3 is 9.47 Å². The predicted octanol–water partition coefficient (Wildman–Crippen LogP) is 1.70. The molecule has 0 fully saturated rings. The predicted molar refractivity (Wildman–Crippen MR) is 56.2 cm³/mol. The van der Waals surface area contributed by atoms with Crippen LogP contribution in [0.5, 0.6) is 0 Å². The molecule has 0 rings (SSSR count). The standard InChI is InChI=1S/C11H18O4/c1-5-11(3,4)10(13)15-8-6-7-14-9(2)12/h5H,1,6-8H2,2-4H3. The molecule has 86 valence electrons. The lowest BCUT2D eigenvalue weighted by molar-refractivity contribution is -0.151. The van der Waals surface area contributed by atoms with Gasteiger partial charge in [-0.3, -0.25) is 9.59 Å². The fourth-order valence-corrected chi connectivity index (χ4v) is 0.709. The third-order valence-corrected chi connectivity index (χ3v) is 1.86. The van der Waals surface area contributed by atoms with E-state index in [2.05, 4.69) is 11.3 Å². The Labute approximate surface area is 90.2 Å². The smallest absolute Gasteiger partial charge is 0.315 e. The zero-order valence-electron chi connectivity index (χ0n) is 9.54. The maximum atomic E-state index is 11.4. The Morgan fingerprint density at radius 3 is 2.27 bits per heavy atom. The van der Waals surface area contributed by atoms with Crippen LogP contribution in [0.4, 0.5) is 0 Å². The highest BCUT2D eigenvalue weighted by Gasteiger charge is 2.24. The van der Waals surface area contributed by atoms with Crippen LogP contribution in [-0.2, 0) is 19.1 Å². The van der Waals surface area contributed by atoms with Gasteiger partial charge in [0.1, 0.15) is 0 Å². The molecule has 0 aliphatic rings. The molecule has 0 atom stereocenters. The second-order valence-corrected chi connectivity index (χ2v) is 3.76. The van der Waals surface area contributed by atoms with E-state index in [0.717, 1.165) is 0 Å². The van der Waals surface area contributed by atoms with Crippen LogP contribution in [-0.4, -0.2) is 25.2 Å². The Morgan fingerprint density at radius 1 is 1.27 bits per heavy atom. The van der Waals surface area contributed by atoms with Crippen LogP contribution in [0.1, 0.15) is 27.2 Å². The van der Waals surface area contributed by atoms with E-state index in [1.165, 1.54) is 6.92 Å². The fourth-order valence-electron chi connectivity index (χ4n) is 0.709. The lowest BCUT2D eigenvalue weighted by Gasteiger charge is -2.17. The first kappa shape index (κ1) is 13.7. The molecule has 0 heterocycles. The molecule has 0 aromatic heterocycles. The molecule has 0 unspecified atom stereocenters. The fraction of sp³-hybridized carbons (Fsp3) is 0.636. The van der Waals surface area contributed by atoms with Gasteiger partial charge in [0, 0.05) is 13.3 Å². The number of hydrogen-bond donors (Lipinski definition) is 0. The molecule has 15 heavy (non-hydrogen) atoms. The first-order valence-corrected chi connectivity index (χ1v) is 4.84. The average Bonchev–Trinajstić information content (AvgIpc) is 2.16. The van der Waals surface area contributed by atoms with Crippen LogP contribution >= 0.6 is 0 Å². The van der Waals surface area contributed by atoms with Crippen LogP contribution in [0.15, 0.2) is 12.7 Å². The minimum atomic E-state index is -0.665. The maximum Gasteiger partial charge on any atom is 0.315 e. The molecule has 0 spiro atoms. The summed E-state index contributed by atoms with van der Waals surface area (Å²) in [5.41, 5.74) is -0.665. The summed E-state index contributed by atoms with van der Waals surface area (Å²) in [6.07, 6.45) is 2.06. The first-order valence-electron chi connectivity index (χ1n) is 4.84. The monoisotopic (exact) mass is 214 g/mol. The topological polar surface area (TPSA) is 52.6 Å². The van der Waals surface area contributed by atoms with Crippen molar-refractivity contribution >= 4 is 11.9 Å². The molecule has 0 aliphatic heterocycles. The lowest BCUT2D eigenvalue weighted by Crippen LogP contribution is -2.24. The van der Waals surface area contributed by atoms with Crippen LogP contribution in [0.2, 0.25) is 0 Å². The van der Waals surface area contributed by atoms with Crippen molar-refractivity contribution in [3.05, 3.63) is 12.7 Å². The highest BCUT2D eigenvalue weighted by atomic mass is 16.5. The number of rotatable bonds is 6. The molecule has 0 bridgehead atoms. The third kappa shape index (κ3) is 5.88. The van der Waals surface area contributed by atoms with E-state index in [4.69, 9.17) is 4.74 Å². The Morgan fingerprint density at radius 2 is 1.80 bits per heavy atom. The molecular formula is C11H18O4. The van der Waals surface area contributed by atoms with Gasteiger partial charge in [0.25, 0.3) is 0 Å². The number of esters is 2. The summed E-state index contributed by atoms with van der Waals surface area (Å²) in [6.45, 7) is 8.88. The van der Waals surface area contributed by atoms with E-state index < -0.39 is 5.41 Å². The Hall–Kier alpha value is -1.32. The molecule has 0 aliphatic carbocycles. The zero-order chi connectivity index (χ0) is 11.9. The van der Waals surface area contributed by atoms with Crippen LogP contribution in [0.25, 0.3) is 0 Å². The summed E-state index contributed by atoms with van der Waals surface area (Å²) >= 11 is 0. The van der Waals surface area contributed by atoms with Crippen molar-refractivity contribution in [2.45, 2.75) is 27.2 Å². The van der Waals surface area contributed by atoms with Gasteiger partial charge in [-0.1, -0.05) is 6.08 Å². The van der Waals surface area contributed by atoms with Crippen LogP contribution < -0.4 is 0 Å². The van der Waals surface area contributed by atoms with Gasteiger partial charge in [-0.15, -0.1) is 6.58 Å². The maximum absolute atomic E-state index is 11.4. The molecule has 4 heteroatoms. The quantitative estimate of drug-likeness (QED) is 0.383. The number of carbonyl (C=O) groups excluding carboxylic acids is 2. The second kappa shape index (κ2) is 6.22. The number of ether oxygens (including phenoxy) is 2. The van der Waals surface area contributed by atoms with Crippen molar-refractivity contribution in [1.29, 1.82) is 0 Å². The largest absolute Gasteiger partial charge is 0.466 e. The zero-order valence-corrected chi connectivity index (χ0v) is 9.54. The van der Waals surface area contributed by atoms with Gasteiger partial charge in [-0.2, -0.15) is 0 Å². The Bertz CT molecular complexity index is 243. The van der Waals surface area contributed by atoms with E-state index in [0.29, 0.717) is 6.42 Å². The second-order valence-electron chi connectivity index (χ2n) is 3.76. The summed E-state index contributed by atoms with van der Waals surface area (Å²) in [7, 11) is 0. The van der Waals surface area contributed by atoms with Crippen molar-refractivity contribution in [3.8, 4) is 0 Å². The molecule has 0 amide bonds. The van der Waals surface area contributed by atoms with Crippen molar-refractivity contribution in [3.63, 3.8) is 0 Å². The molecule has 4 nitrogen and oxygen atoms in total. The number of carbonyl (C=O) groups is 2. The van der Waals surface area contributed by atoms with Crippen molar-refractivity contribution in [2.75, 3.05) is 13.2 Å². The van der Waals surface area contributed by atoms with Gasteiger partial charge in [0.15, 0.2) is 0 Å². The van der Waals surface area contributed by atoms with Gasteiger partial charge in [0.05, 0.1) is 18.6 Å². The van der Waals surface area contributed by atoms with E-state index >= 15 is 0 Å². The summed E-state index contributed by atoms with van der Waals surface area (Å²) in [5.74, 6) is -0.645. The van der Waals surface area contributed by atoms with Crippen molar-refractivity contribution in [2.24, 2.45) is 5.41 Å². The molecule has 0 saturated heterocycles. The SMILES string of the molecule is C=CC(C)(C)C(=O)OCCCOC(C)=O. The van der Waals surface area contributed by atoms with Crippen molar-refractivity contribution < 1.29 is 19.1 Å². The molecule has 0 aromatic rings.